The number of rotatable bonds is 2. The second-order valence-corrected chi connectivity index (χ2v) is 5.53. The van der Waals surface area contributed by atoms with Gasteiger partial charge < -0.3 is 14.6 Å². The van der Waals surface area contributed by atoms with Crippen molar-refractivity contribution >= 4 is 5.97 Å². The number of benzene rings is 3. The molecule has 0 fully saturated rings. The van der Waals surface area contributed by atoms with Crippen LogP contribution in [0, 0.1) is 0 Å². The van der Waals surface area contributed by atoms with Gasteiger partial charge in [0.15, 0.2) is 0 Å². The van der Waals surface area contributed by atoms with Gasteiger partial charge in [0.05, 0.1) is 0 Å². The predicted molar refractivity (Wildman–Crippen MR) is 88.5 cm³/mol. The first-order valence-corrected chi connectivity index (χ1v) is 7.59. The van der Waals surface area contributed by atoms with Crippen LogP contribution < -0.4 is 9.47 Å². The predicted octanol–water partition coefficient (Wildman–Crippen LogP) is 4.24. The van der Waals surface area contributed by atoms with Gasteiger partial charge in [-0.05, 0) is 36.4 Å². The van der Waals surface area contributed by atoms with E-state index in [1.165, 1.54) is 6.07 Å². The van der Waals surface area contributed by atoms with E-state index in [0.717, 1.165) is 5.56 Å². The molecular formula is C20H14O4. The van der Waals surface area contributed by atoms with E-state index in [0.29, 0.717) is 22.8 Å². The molecule has 118 valence electrons. The lowest BCUT2D eigenvalue weighted by Crippen LogP contribution is -2.23. The summed E-state index contributed by atoms with van der Waals surface area (Å²) >= 11 is 0. The number of esters is 1. The smallest absolute Gasteiger partial charge is 0.323 e. The Morgan fingerprint density at radius 3 is 2.42 bits per heavy atom. The molecule has 3 aromatic rings. The molecule has 0 bridgehead atoms. The van der Waals surface area contributed by atoms with Crippen LogP contribution in [0.25, 0.3) is 0 Å². The Bertz CT molecular complexity index is 903. The minimum absolute atomic E-state index is 0.0780. The zero-order valence-electron chi connectivity index (χ0n) is 12.7. The lowest BCUT2D eigenvalue weighted by Gasteiger charge is -2.26. The maximum absolute atomic E-state index is 12.8. The van der Waals surface area contributed by atoms with Crippen molar-refractivity contribution in [1.29, 1.82) is 0 Å². The van der Waals surface area contributed by atoms with E-state index < -0.39 is 11.9 Å². The molecule has 4 nitrogen and oxygen atoms in total. The molecule has 4 heteroatoms. The molecular weight excluding hydrogens is 304 g/mol. The lowest BCUT2D eigenvalue weighted by molar-refractivity contribution is -0.135. The van der Waals surface area contributed by atoms with Crippen LogP contribution in [0.4, 0.5) is 0 Å². The number of phenolic OH excluding ortho intramolecular Hbond substituents is 1. The maximum atomic E-state index is 12.8. The van der Waals surface area contributed by atoms with Crippen LogP contribution in [0.3, 0.4) is 0 Å². The molecule has 1 unspecified atom stereocenters. The molecule has 24 heavy (non-hydrogen) atoms. The first kappa shape index (κ1) is 14.3. The normalized spacial score (nSPS) is 14.9. The molecule has 0 saturated carbocycles. The maximum Gasteiger partial charge on any atom is 0.323 e. The summed E-state index contributed by atoms with van der Waals surface area (Å²) < 4.78 is 11.4. The van der Waals surface area contributed by atoms with Gasteiger partial charge in [-0.2, -0.15) is 0 Å². The second kappa shape index (κ2) is 5.74. The molecule has 1 aliphatic heterocycles. The van der Waals surface area contributed by atoms with Crippen molar-refractivity contribution in [2.24, 2.45) is 0 Å². The lowest BCUT2D eigenvalue weighted by atomic mass is 9.88. The van der Waals surface area contributed by atoms with E-state index >= 15 is 0 Å². The van der Waals surface area contributed by atoms with Gasteiger partial charge in [-0.15, -0.1) is 0 Å². The summed E-state index contributed by atoms with van der Waals surface area (Å²) in [5.74, 6) is 0.649. The first-order valence-electron chi connectivity index (χ1n) is 7.59. The second-order valence-electron chi connectivity index (χ2n) is 5.53. The van der Waals surface area contributed by atoms with E-state index in [1.54, 1.807) is 36.4 Å². The Morgan fingerprint density at radius 2 is 1.58 bits per heavy atom. The van der Waals surface area contributed by atoms with Crippen molar-refractivity contribution in [2.75, 3.05) is 0 Å². The highest BCUT2D eigenvalue weighted by Crippen LogP contribution is 2.45. The Balaban J connectivity index is 1.79. The number of aromatic hydroxyl groups is 1. The van der Waals surface area contributed by atoms with Crippen molar-refractivity contribution in [3.05, 3.63) is 83.9 Å². The third-order valence-electron chi connectivity index (χ3n) is 3.95. The van der Waals surface area contributed by atoms with Gasteiger partial charge in [-0.3, -0.25) is 4.79 Å². The number of carbonyl (C=O) groups is 1. The van der Waals surface area contributed by atoms with Crippen LogP contribution in [-0.4, -0.2) is 11.1 Å². The van der Waals surface area contributed by atoms with Crippen molar-refractivity contribution < 1.29 is 19.4 Å². The van der Waals surface area contributed by atoms with Crippen molar-refractivity contribution in [2.45, 2.75) is 5.92 Å². The van der Waals surface area contributed by atoms with Crippen LogP contribution in [-0.2, 0) is 4.79 Å². The fourth-order valence-corrected chi connectivity index (χ4v) is 2.87. The zero-order chi connectivity index (χ0) is 16.5. The monoisotopic (exact) mass is 318 g/mol. The molecule has 4 rings (SSSR count). The minimum atomic E-state index is -0.655. The van der Waals surface area contributed by atoms with Crippen LogP contribution in [0.5, 0.6) is 23.0 Å². The third kappa shape index (κ3) is 2.48. The molecule has 0 radical (unpaired) electrons. The number of phenols is 1. The standard InChI is InChI=1S/C20H14O4/c21-13-10-11-18-16(12-13)19(15-8-4-5-9-17(15)24-18)20(22)23-14-6-2-1-3-7-14/h1-12,19,21H. The van der Waals surface area contributed by atoms with Gasteiger partial charge in [0, 0.05) is 11.1 Å². The minimum Gasteiger partial charge on any atom is -0.508 e. The number of hydrogen-bond donors (Lipinski definition) is 1. The summed E-state index contributed by atoms with van der Waals surface area (Å²) in [5, 5.41) is 9.82. The molecule has 3 aromatic carbocycles. The number of hydrogen-bond acceptors (Lipinski definition) is 4. The Labute approximate surface area is 138 Å². The van der Waals surface area contributed by atoms with Gasteiger partial charge in [0.2, 0.25) is 0 Å². The molecule has 0 spiro atoms. The van der Waals surface area contributed by atoms with E-state index in [1.807, 2.05) is 30.3 Å². The highest BCUT2D eigenvalue weighted by atomic mass is 16.5. The van der Waals surface area contributed by atoms with Crippen molar-refractivity contribution in [1.82, 2.24) is 0 Å². The average molecular weight is 318 g/mol. The van der Waals surface area contributed by atoms with Gasteiger partial charge >= 0.3 is 5.97 Å². The van der Waals surface area contributed by atoms with Crippen molar-refractivity contribution in [3.8, 4) is 23.0 Å². The van der Waals surface area contributed by atoms with Crippen LogP contribution in [0.1, 0.15) is 17.0 Å². The summed E-state index contributed by atoms with van der Waals surface area (Å²) in [7, 11) is 0. The van der Waals surface area contributed by atoms with Crippen LogP contribution >= 0.6 is 0 Å². The first-order chi connectivity index (χ1) is 11.7. The van der Waals surface area contributed by atoms with Gasteiger partial charge in [-0.1, -0.05) is 36.4 Å². The summed E-state index contributed by atoms with van der Waals surface area (Å²) in [4.78, 5) is 12.8. The fourth-order valence-electron chi connectivity index (χ4n) is 2.87. The zero-order valence-corrected chi connectivity index (χ0v) is 12.7. The van der Waals surface area contributed by atoms with Gasteiger partial charge in [0.25, 0.3) is 0 Å². The van der Waals surface area contributed by atoms with Crippen LogP contribution in [0.15, 0.2) is 72.8 Å². The fraction of sp³-hybridized carbons (Fsp3) is 0.0500. The summed E-state index contributed by atoms with van der Waals surface area (Å²) in [5.41, 5.74) is 1.31. The topological polar surface area (TPSA) is 55.8 Å². The largest absolute Gasteiger partial charge is 0.508 e. The summed E-state index contributed by atoms with van der Waals surface area (Å²) in [6.07, 6.45) is 0. The molecule has 0 amide bonds. The highest BCUT2D eigenvalue weighted by molar-refractivity contribution is 5.87. The molecule has 1 aliphatic rings. The van der Waals surface area contributed by atoms with Crippen molar-refractivity contribution in [3.63, 3.8) is 0 Å². The van der Waals surface area contributed by atoms with E-state index in [-0.39, 0.29) is 5.75 Å². The molecule has 0 saturated heterocycles. The summed E-state index contributed by atoms with van der Waals surface area (Å²) in [6.45, 7) is 0. The number of fused-ring (bicyclic) bond motifs is 2. The quantitative estimate of drug-likeness (QED) is 0.567. The Kier molecular flexibility index (Phi) is 3.43. The Hall–Kier alpha value is -3.27. The molecule has 1 atom stereocenters. The SMILES string of the molecule is O=C(Oc1ccccc1)C1c2ccccc2Oc2ccc(O)cc21. The van der Waals surface area contributed by atoms with Gasteiger partial charge in [-0.25, -0.2) is 0 Å². The molecule has 0 aromatic heterocycles. The van der Waals surface area contributed by atoms with E-state index in [2.05, 4.69) is 0 Å². The Morgan fingerprint density at radius 1 is 0.875 bits per heavy atom. The van der Waals surface area contributed by atoms with Crippen LogP contribution in [0.2, 0.25) is 0 Å². The van der Waals surface area contributed by atoms with Gasteiger partial charge in [0.1, 0.15) is 28.9 Å². The highest BCUT2D eigenvalue weighted by Gasteiger charge is 2.34. The van der Waals surface area contributed by atoms with E-state index in [9.17, 15) is 9.90 Å². The number of para-hydroxylation sites is 2. The third-order valence-corrected chi connectivity index (χ3v) is 3.95. The molecule has 0 aliphatic carbocycles. The summed E-state index contributed by atoms with van der Waals surface area (Å²) in [6, 6.07) is 21.0. The average Bonchev–Trinajstić information content (AvgIpc) is 2.60. The number of carbonyl (C=O) groups excluding carboxylic acids is 1. The van der Waals surface area contributed by atoms with E-state index in [4.69, 9.17) is 9.47 Å². The molecule has 1 N–H and O–H groups in total. The number of ether oxygens (including phenoxy) is 2. The molecule has 1 heterocycles.